The third kappa shape index (κ3) is 4.20. The first-order valence-electron chi connectivity index (χ1n) is 14.1. The normalized spacial score (nSPS) is 11.8. The fourth-order valence-corrected chi connectivity index (χ4v) is 5.85. The van der Waals surface area contributed by atoms with Crippen LogP contribution in [0.4, 0.5) is 0 Å². The van der Waals surface area contributed by atoms with Crippen LogP contribution in [-0.2, 0) is 45.3 Å². The second-order valence-corrected chi connectivity index (χ2v) is 11.2. The number of hydrogen-bond donors (Lipinski definition) is 0. The zero-order valence-corrected chi connectivity index (χ0v) is 25.8. The molecule has 7 aromatic rings. The molecule has 216 valence electrons. The predicted octanol–water partition coefficient (Wildman–Crippen LogP) is 1.42. The van der Waals surface area contributed by atoms with Gasteiger partial charge in [-0.05, 0) is 0 Å². The van der Waals surface area contributed by atoms with Crippen LogP contribution in [0.25, 0.3) is 89.7 Å². The van der Waals surface area contributed by atoms with Gasteiger partial charge in [-0.25, -0.2) is 28.2 Å². The number of hydrogen-bond acceptors (Lipinski definition) is 6. The van der Waals surface area contributed by atoms with Gasteiger partial charge in [-0.2, -0.15) is 0 Å². The summed E-state index contributed by atoms with van der Waals surface area (Å²) in [7, 11) is 7.89. The molecule has 9 rings (SSSR count). The van der Waals surface area contributed by atoms with Gasteiger partial charge in [-0.1, -0.05) is 0 Å². The molecule has 7 aromatic heterocycles. The van der Waals surface area contributed by atoms with Crippen molar-refractivity contribution in [2.45, 2.75) is 0 Å². The van der Waals surface area contributed by atoms with Crippen LogP contribution in [0.2, 0.25) is 0 Å². The van der Waals surface area contributed by atoms with Crippen molar-refractivity contribution >= 4 is 44.1 Å². The van der Waals surface area contributed by atoms with Gasteiger partial charge in [0.25, 0.3) is 0 Å². The largest absolute Gasteiger partial charge is 2.00 e. The van der Waals surface area contributed by atoms with E-state index < -0.39 is 0 Å². The monoisotopic (exact) mass is 632 g/mol. The molecule has 8 bridgehead atoms. The molecule has 0 saturated carbocycles. The summed E-state index contributed by atoms with van der Waals surface area (Å²) in [6.07, 6.45) is 15.9. The molecule has 2 aliphatic rings. The minimum absolute atomic E-state index is 0. The van der Waals surface area contributed by atoms with Gasteiger partial charge in [0.05, 0.1) is 45.2 Å². The minimum Gasteiger partial charge on any atom is -0.357 e. The molecule has 12 nitrogen and oxygen atoms in total. The topological polar surface area (TPSA) is 121 Å². The summed E-state index contributed by atoms with van der Waals surface area (Å²) in [4.78, 5) is 39.8. The molecule has 0 fully saturated rings. The van der Waals surface area contributed by atoms with Crippen molar-refractivity contribution in [2.75, 3.05) is 0 Å². The summed E-state index contributed by atoms with van der Waals surface area (Å²) in [5.41, 5.74) is 5.58. The maximum atomic E-state index is 5.02. The SMILES string of the molecule is C[n+]1ccc2c(c1)-c1nc-2nc2[n-]c(nc3nc(nc4[n-]c(n1)c1cc[n+](C)cc41)-c1cc[n+](C)cc1-3)c1cc[n+](C)cc21.[Fe+2]. The Morgan fingerprint density at radius 2 is 0.733 bits per heavy atom. The summed E-state index contributed by atoms with van der Waals surface area (Å²) in [6.45, 7) is 0. The Labute approximate surface area is 266 Å². The van der Waals surface area contributed by atoms with Crippen LogP contribution >= 0.6 is 0 Å². The molecule has 0 N–H and O–H groups in total. The van der Waals surface area contributed by atoms with E-state index in [-0.39, 0.29) is 17.1 Å². The van der Waals surface area contributed by atoms with Crippen molar-refractivity contribution in [3.8, 4) is 45.6 Å². The molecular weight excluding hydrogens is 608 g/mol. The summed E-state index contributed by atoms with van der Waals surface area (Å²) in [5, 5.41) is 3.46. The van der Waals surface area contributed by atoms with Gasteiger partial charge in [-0.15, -0.1) is 0 Å². The standard InChI is InChI=1S/C32H24N12.Fe/c1-41-9-5-17-21(13-41)29-33-25(17)38-30-23-15-43(3)11-7-19(23)27(35-30)40-32-24-16-44(4)12-8-20(24)28(36-32)39-31-22-14-42(2)10-6-18(22)26(34-31)37-29;/h5-16H,1-4H3;/q2*+2. The average molecular weight is 632 g/mol. The summed E-state index contributed by atoms with van der Waals surface area (Å²) >= 11 is 0. The molecule has 13 heteroatoms. The van der Waals surface area contributed by atoms with Crippen LogP contribution in [-0.4, -0.2) is 29.9 Å². The van der Waals surface area contributed by atoms with Gasteiger partial charge >= 0.3 is 17.1 Å². The average Bonchev–Trinajstić information content (AvgIpc) is 3.71. The molecule has 0 spiro atoms. The molecule has 0 saturated heterocycles. The van der Waals surface area contributed by atoms with Crippen molar-refractivity contribution < 1.29 is 35.3 Å². The summed E-state index contributed by atoms with van der Waals surface area (Å²) in [5.74, 6) is 2.11. The van der Waals surface area contributed by atoms with Gasteiger partial charge in [0, 0.05) is 68.8 Å². The van der Waals surface area contributed by atoms with Crippen molar-refractivity contribution in [1.82, 2.24) is 39.9 Å². The Morgan fingerprint density at radius 1 is 0.400 bits per heavy atom. The molecule has 9 heterocycles. The summed E-state index contributed by atoms with van der Waals surface area (Å²) < 4.78 is 7.90. The molecule has 0 atom stereocenters. The van der Waals surface area contributed by atoms with Crippen molar-refractivity contribution in [2.24, 2.45) is 28.2 Å². The molecule has 0 radical (unpaired) electrons. The number of pyridine rings is 4. The van der Waals surface area contributed by atoms with E-state index >= 15 is 0 Å². The van der Waals surface area contributed by atoms with E-state index in [1.807, 2.05) is 120 Å². The second-order valence-electron chi connectivity index (χ2n) is 11.2. The van der Waals surface area contributed by atoms with Crippen LogP contribution in [0.1, 0.15) is 0 Å². The third-order valence-corrected chi connectivity index (χ3v) is 8.02. The first-order valence-corrected chi connectivity index (χ1v) is 14.1. The zero-order chi connectivity index (χ0) is 29.7. The van der Waals surface area contributed by atoms with E-state index in [2.05, 4.69) is 0 Å². The van der Waals surface area contributed by atoms with E-state index in [0.29, 0.717) is 45.9 Å². The predicted molar refractivity (Wildman–Crippen MR) is 159 cm³/mol. The smallest absolute Gasteiger partial charge is 0.357 e. The van der Waals surface area contributed by atoms with Crippen molar-refractivity contribution in [3.05, 3.63) is 73.8 Å². The Balaban J connectivity index is 0.00000300. The molecule has 0 aliphatic carbocycles. The summed E-state index contributed by atoms with van der Waals surface area (Å²) in [6, 6.07) is 8.01. The number of rotatable bonds is 0. The second kappa shape index (κ2) is 9.74. The van der Waals surface area contributed by atoms with Crippen LogP contribution < -0.4 is 28.2 Å². The van der Waals surface area contributed by atoms with Gasteiger partial charge in [0.2, 0.25) is 0 Å². The Hall–Kier alpha value is -5.52. The number of aryl methyl sites for hydroxylation is 4. The number of fused-ring (bicyclic) bond motifs is 20. The number of aromatic nitrogens is 12. The molecule has 0 unspecified atom stereocenters. The van der Waals surface area contributed by atoms with Crippen molar-refractivity contribution in [3.63, 3.8) is 0 Å². The van der Waals surface area contributed by atoms with Crippen LogP contribution in [0.5, 0.6) is 0 Å². The van der Waals surface area contributed by atoms with E-state index in [4.69, 9.17) is 39.9 Å². The van der Waals surface area contributed by atoms with Crippen LogP contribution in [0.3, 0.4) is 0 Å². The Kier molecular flexibility index (Phi) is 5.86. The maximum Gasteiger partial charge on any atom is 2.00 e. The van der Waals surface area contributed by atoms with Crippen LogP contribution in [0.15, 0.2) is 73.8 Å². The van der Waals surface area contributed by atoms with Crippen molar-refractivity contribution in [1.29, 1.82) is 0 Å². The molecule has 45 heavy (non-hydrogen) atoms. The molecular formula is C32H24FeN12+4. The minimum atomic E-state index is 0. The quantitative estimate of drug-likeness (QED) is 0.182. The first kappa shape index (κ1) is 27.1. The van der Waals surface area contributed by atoms with E-state index in [1.54, 1.807) is 0 Å². The van der Waals surface area contributed by atoms with E-state index in [9.17, 15) is 0 Å². The zero-order valence-electron chi connectivity index (χ0n) is 24.6. The van der Waals surface area contributed by atoms with Gasteiger partial charge in [0.1, 0.15) is 28.2 Å². The molecule has 0 aromatic carbocycles. The van der Waals surface area contributed by atoms with Gasteiger partial charge < -0.3 is 29.9 Å². The molecule has 2 aliphatic heterocycles. The fourth-order valence-electron chi connectivity index (χ4n) is 5.85. The Morgan fingerprint density at radius 3 is 1.16 bits per heavy atom. The maximum absolute atomic E-state index is 5.02. The van der Waals surface area contributed by atoms with Gasteiger partial charge in [-0.3, -0.25) is 0 Å². The van der Waals surface area contributed by atoms with E-state index in [0.717, 1.165) is 43.8 Å². The van der Waals surface area contributed by atoms with E-state index in [1.165, 1.54) is 0 Å². The number of nitrogens with zero attached hydrogens (tertiary/aromatic N) is 12. The van der Waals surface area contributed by atoms with Gasteiger partial charge in [0.15, 0.2) is 49.6 Å². The first-order chi connectivity index (χ1) is 21.4. The fraction of sp³-hybridized carbons (Fsp3) is 0.125. The Bertz CT molecular complexity index is 2390. The van der Waals surface area contributed by atoms with Crippen LogP contribution in [0, 0.1) is 0 Å². The third-order valence-electron chi connectivity index (χ3n) is 8.02. The molecule has 0 amide bonds.